The minimum Gasteiger partial charge on any atom is -0.491 e. The molecule has 0 amide bonds. The van der Waals surface area contributed by atoms with Crippen LogP contribution in [0.2, 0.25) is 10.0 Å². The molecule has 0 aliphatic carbocycles. The highest BCUT2D eigenvalue weighted by Gasteiger charge is 2.46. The topological polar surface area (TPSA) is 101 Å². The van der Waals surface area contributed by atoms with Crippen molar-refractivity contribution in [3.05, 3.63) is 117 Å². The van der Waals surface area contributed by atoms with Crippen LogP contribution in [-0.2, 0) is 21.8 Å². The smallest absolute Gasteiger partial charge is 0.350 e. The zero-order chi connectivity index (χ0) is 36.4. The number of rotatable bonds is 12. The molecule has 11 nitrogen and oxygen atoms in total. The number of ether oxygens (including phenoxy) is 3. The van der Waals surface area contributed by atoms with Gasteiger partial charge in [0.2, 0.25) is 5.79 Å². The minimum atomic E-state index is -1.18. The molecule has 5 aromatic rings. The Morgan fingerprint density at radius 3 is 2.38 bits per heavy atom. The van der Waals surface area contributed by atoms with E-state index in [4.69, 9.17) is 37.4 Å². The van der Waals surface area contributed by atoms with E-state index in [1.54, 1.807) is 40.1 Å². The van der Waals surface area contributed by atoms with Crippen LogP contribution in [0.5, 0.6) is 5.75 Å². The van der Waals surface area contributed by atoms with Crippen LogP contribution in [0.3, 0.4) is 0 Å². The van der Waals surface area contributed by atoms with Gasteiger partial charge in [-0.3, -0.25) is 0 Å². The van der Waals surface area contributed by atoms with E-state index in [0.29, 0.717) is 40.7 Å². The van der Waals surface area contributed by atoms with Gasteiger partial charge in [-0.25, -0.2) is 14.0 Å². The second-order valence-corrected chi connectivity index (χ2v) is 14.8. The molecular formula is C39H45Cl2N7O4. The molecular weight excluding hydrogens is 701 g/mol. The Balaban J connectivity index is 0.938. The molecule has 2 aliphatic heterocycles. The van der Waals surface area contributed by atoms with Crippen molar-refractivity contribution >= 4 is 28.9 Å². The van der Waals surface area contributed by atoms with Crippen LogP contribution in [0.15, 0.2) is 84.2 Å². The first-order chi connectivity index (χ1) is 25.1. The molecule has 0 spiro atoms. The van der Waals surface area contributed by atoms with Crippen LogP contribution in [-0.4, -0.2) is 61.7 Å². The third-order valence-corrected chi connectivity index (χ3v) is 11.2. The van der Waals surface area contributed by atoms with Gasteiger partial charge >= 0.3 is 5.69 Å². The maximum atomic E-state index is 12.9. The van der Waals surface area contributed by atoms with E-state index in [2.05, 4.69) is 71.3 Å². The third-order valence-electron chi connectivity index (χ3n) is 10.6. The SMILES string of the molecule is CCC(C)n1ncn(-c2ccc(N3CCC(C(C)c4ccc(OCC5COC(Cn6nccn6)(c6ccc(Cl)cc6Cl)O5)cc4C)CC3)cc2)c1=O. The zero-order valence-corrected chi connectivity index (χ0v) is 31.5. The Labute approximate surface area is 314 Å². The molecule has 2 aromatic heterocycles. The minimum absolute atomic E-state index is 0.0701. The number of benzene rings is 3. The Bertz CT molecular complexity index is 2030. The molecule has 4 heterocycles. The molecule has 2 aliphatic rings. The third kappa shape index (κ3) is 7.50. The summed E-state index contributed by atoms with van der Waals surface area (Å²) in [5.41, 5.74) is 5.13. The van der Waals surface area contributed by atoms with Gasteiger partial charge in [0, 0.05) is 29.4 Å². The van der Waals surface area contributed by atoms with Crippen LogP contribution in [0, 0.1) is 12.8 Å². The Morgan fingerprint density at radius 1 is 0.962 bits per heavy atom. The molecule has 2 fully saturated rings. The van der Waals surface area contributed by atoms with Crippen molar-refractivity contribution in [2.75, 3.05) is 31.2 Å². The lowest BCUT2D eigenvalue weighted by Crippen LogP contribution is -2.35. The van der Waals surface area contributed by atoms with Gasteiger partial charge in [-0.2, -0.15) is 20.1 Å². The number of nitrogens with zero attached hydrogens (tertiary/aromatic N) is 7. The van der Waals surface area contributed by atoms with E-state index in [-0.39, 0.29) is 24.4 Å². The monoisotopic (exact) mass is 745 g/mol. The molecule has 13 heteroatoms. The molecule has 274 valence electrons. The maximum Gasteiger partial charge on any atom is 0.350 e. The van der Waals surface area contributed by atoms with Crippen LogP contribution in [0.1, 0.15) is 68.7 Å². The summed E-state index contributed by atoms with van der Waals surface area (Å²) in [5.74, 6) is 0.606. The molecule has 0 N–H and O–H groups in total. The van der Waals surface area contributed by atoms with E-state index in [1.165, 1.54) is 21.6 Å². The molecule has 0 saturated carbocycles. The maximum absolute atomic E-state index is 12.9. The van der Waals surface area contributed by atoms with Crippen molar-refractivity contribution in [2.24, 2.45) is 5.92 Å². The predicted octanol–water partition coefficient (Wildman–Crippen LogP) is 7.58. The number of piperidine rings is 1. The highest BCUT2D eigenvalue weighted by atomic mass is 35.5. The summed E-state index contributed by atoms with van der Waals surface area (Å²) in [6.45, 7) is 11.4. The van der Waals surface area contributed by atoms with Gasteiger partial charge in [0.25, 0.3) is 0 Å². The lowest BCUT2D eigenvalue weighted by atomic mass is 9.80. The summed E-state index contributed by atoms with van der Waals surface area (Å²) in [6.07, 6.45) is 7.57. The summed E-state index contributed by atoms with van der Waals surface area (Å²) in [4.78, 5) is 16.8. The second-order valence-electron chi connectivity index (χ2n) is 13.9. The number of anilines is 1. The number of halogens is 2. The molecule has 2 saturated heterocycles. The molecule has 4 atom stereocenters. The summed E-state index contributed by atoms with van der Waals surface area (Å²) in [7, 11) is 0. The van der Waals surface area contributed by atoms with Crippen LogP contribution >= 0.6 is 23.2 Å². The average molecular weight is 747 g/mol. The van der Waals surface area contributed by atoms with Crippen molar-refractivity contribution in [2.45, 2.75) is 77.4 Å². The first kappa shape index (κ1) is 36.2. The van der Waals surface area contributed by atoms with E-state index in [0.717, 1.165) is 43.8 Å². The highest BCUT2D eigenvalue weighted by molar-refractivity contribution is 6.35. The summed E-state index contributed by atoms with van der Waals surface area (Å²) >= 11 is 12.8. The summed E-state index contributed by atoms with van der Waals surface area (Å²) < 4.78 is 22.2. The fourth-order valence-corrected chi connectivity index (χ4v) is 7.96. The first-order valence-electron chi connectivity index (χ1n) is 18.0. The van der Waals surface area contributed by atoms with E-state index < -0.39 is 5.79 Å². The quantitative estimate of drug-likeness (QED) is 0.129. The Hall–Kier alpha value is -4.16. The Morgan fingerprint density at radius 2 is 1.69 bits per heavy atom. The lowest BCUT2D eigenvalue weighted by molar-refractivity contribution is -0.192. The Kier molecular flexibility index (Phi) is 10.8. The first-order valence-corrected chi connectivity index (χ1v) is 18.8. The summed E-state index contributed by atoms with van der Waals surface area (Å²) in [5, 5.41) is 13.8. The fourth-order valence-electron chi connectivity index (χ4n) is 7.41. The normalized spacial score (nSPS) is 20.7. The van der Waals surface area contributed by atoms with Crippen LogP contribution in [0.4, 0.5) is 5.69 Å². The number of hydrogen-bond acceptors (Lipinski definition) is 8. The standard InChI is InChI=1S/C39H45Cl2N7O4/c1-5-27(3)48-38(49)46(25-44-48)32-9-7-31(8-10-32)45-18-14-29(15-19-45)28(4)35-12-11-33(20-26(35)2)50-22-34-23-51-39(52-34,24-47-42-16-17-43-47)36-13-6-30(40)21-37(36)41/h6-13,16-17,20-21,25,27-29,34H,5,14-15,18-19,22-24H2,1-4H3. The van der Waals surface area contributed by atoms with Gasteiger partial charge in [-0.1, -0.05) is 49.2 Å². The average Bonchev–Trinajstić information content (AvgIpc) is 3.91. The highest BCUT2D eigenvalue weighted by Crippen LogP contribution is 2.41. The van der Waals surface area contributed by atoms with Gasteiger partial charge in [0.15, 0.2) is 0 Å². The lowest BCUT2D eigenvalue weighted by Gasteiger charge is -2.37. The van der Waals surface area contributed by atoms with Gasteiger partial charge in [-0.15, -0.1) is 0 Å². The van der Waals surface area contributed by atoms with Crippen molar-refractivity contribution < 1.29 is 14.2 Å². The molecule has 3 aromatic carbocycles. The fraction of sp³-hybridized carbons (Fsp3) is 0.436. The van der Waals surface area contributed by atoms with Crippen molar-refractivity contribution in [3.8, 4) is 11.4 Å². The van der Waals surface area contributed by atoms with E-state index in [9.17, 15) is 4.79 Å². The van der Waals surface area contributed by atoms with Gasteiger partial charge in [0.1, 0.15) is 31.3 Å². The molecule has 4 unspecified atom stereocenters. The van der Waals surface area contributed by atoms with E-state index >= 15 is 0 Å². The predicted molar refractivity (Wildman–Crippen MR) is 202 cm³/mol. The van der Waals surface area contributed by atoms with Crippen molar-refractivity contribution in [1.82, 2.24) is 29.3 Å². The molecule has 7 rings (SSSR count). The van der Waals surface area contributed by atoms with Crippen molar-refractivity contribution in [1.29, 1.82) is 0 Å². The van der Waals surface area contributed by atoms with E-state index in [1.807, 2.05) is 25.1 Å². The van der Waals surface area contributed by atoms with Gasteiger partial charge in [-0.05, 0) is 105 Å². The largest absolute Gasteiger partial charge is 0.491 e. The molecule has 0 radical (unpaired) electrons. The van der Waals surface area contributed by atoms with Crippen molar-refractivity contribution in [3.63, 3.8) is 0 Å². The van der Waals surface area contributed by atoms with Crippen LogP contribution in [0.25, 0.3) is 5.69 Å². The number of aryl methyl sites for hydroxylation is 1. The molecule has 0 bridgehead atoms. The zero-order valence-electron chi connectivity index (χ0n) is 30.0. The van der Waals surface area contributed by atoms with Gasteiger partial charge < -0.3 is 19.1 Å². The molecule has 52 heavy (non-hydrogen) atoms. The second kappa shape index (κ2) is 15.4. The summed E-state index contributed by atoms with van der Waals surface area (Å²) in [6, 6.07) is 20.0. The van der Waals surface area contributed by atoms with Crippen LogP contribution < -0.4 is 15.3 Å². The number of hydrogen-bond donors (Lipinski definition) is 0. The number of aromatic nitrogens is 6. The van der Waals surface area contributed by atoms with Gasteiger partial charge in [0.05, 0.1) is 35.8 Å².